The third kappa shape index (κ3) is 1.45. The Morgan fingerprint density at radius 2 is 2.08 bits per heavy atom. The number of halogens is 3. The molecule has 2 aromatic rings. The number of hydrogen-bond donors (Lipinski definition) is 0. The molecule has 0 bridgehead atoms. The van der Waals surface area contributed by atoms with E-state index >= 15 is 0 Å². The second-order valence-electron chi connectivity index (χ2n) is 2.56. The number of oxazole rings is 1. The van der Waals surface area contributed by atoms with Crippen molar-refractivity contribution >= 4 is 50.2 Å². The molecule has 0 spiro atoms. The lowest BCUT2D eigenvalue weighted by Crippen LogP contribution is -1.75. The zero-order valence-electron chi connectivity index (χ0n) is 6.57. The molecular formula is C8H4BrCl2NO. The van der Waals surface area contributed by atoms with E-state index in [2.05, 4.69) is 20.9 Å². The fraction of sp³-hybridized carbons (Fsp3) is 0.125. The van der Waals surface area contributed by atoms with Crippen molar-refractivity contribution in [3.05, 3.63) is 26.5 Å². The third-order valence-electron chi connectivity index (χ3n) is 1.62. The molecule has 2 rings (SSSR count). The van der Waals surface area contributed by atoms with E-state index in [4.69, 9.17) is 27.6 Å². The van der Waals surface area contributed by atoms with Crippen molar-refractivity contribution in [2.24, 2.45) is 0 Å². The summed E-state index contributed by atoms with van der Waals surface area (Å²) in [6.07, 6.45) is 0. The molecule has 0 N–H and O–H groups in total. The molecular weight excluding hydrogens is 277 g/mol. The largest absolute Gasteiger partial charge is 0.440 e. The van der Waals surface area contributed by atoms with Crippen molar-refractivity contribution in [1.29, 1.82) is 0 Å². The number of aromatic nitrogens is 1. The van der Waals surface area contributed by atoms with E-state index < -0.39 is 0 Å². The number of rotatable bonds is 0. The Morgan fingerprint density at radius 3 is 2.77 bits per heavy atom. The van der Waals surface area contributed by atoms with E-state index in [9.17, 15) is 0 Å². The number of fused-ring (bicyclic) bond motifs is 1. The first kappa shape index (κ1) is 9.31. The second-order valence-corrected chi connectivity index (χ2v) is 4.17. The van der Waals surface area contributed by atoms with E-state index in [1.165, 1.54) is 0 Å². The van der Waals surface area contributed by atoms with Crippen molar-refractivity contribution in [3.8, 4) is 0 Å². The molecule has 0 aliphatic carbocycles. The van der Waals surface area contributed by atoms with Crippen molar-refractivity contribution in [2.75, 3.05) is 0 Å². The van der Waals surface area contributed by atoms with Gasteiger partial charge in [0.2, 0.25) is 0 Å². The molecule has 68 valence electrons. The average Bonchev–Trinajstić information content (AvgIpc) is 2.44. The third-order valence-corrected chi connectivity index (χ3v) is 3.22. The van der Waals surface area contributed by atoms with Gasteiger partial charge in [-0.15, -0.1) is 0 Å². The highest BCUT2D eigenvalue weighted by molar-refractivity contribution is 9.10. The molecule has 5 heteroatoms. The minimum absolute atomic E-state index is 0.500. The maximum atomic E-state index is 5.92. The summed E-state index contributed by atoms with van der Waals surface area (Å²) in [7, 11) is 0. The summed E-state index contributed by atoms with van der Waals surface area (Å²) < 4.78 is 6.02. The van der Waals surface area contributed by atoms with Crippen LogP contribution in [-0.2, 0) is 0 Å². The molecule has 1 aromatic heterocycles. The quantitative estimate of drug-likeness (QED) is 0.676. The van der Waals surface area contributed by atoms with Crippen molar-refractivity contribution < 1.29 is 4.42 Å². The van der Waals surface area contributed by atoms with Crippen LogP contribution >= 0.6 is 39.1 Å². The van der Waals surface area contributed by atoms with Gasteiger partial charge < -0.3 is 4.42 Å². The SMILES string of the molecule is Cc1nc2c(Cl)cc(Cl)c(Br)c2o1. The Kier molecular flexibility index (Phi) is 2.26. The fourth-order valence-electron chi connectivity index (χ4n) is 1.09. The Balaban J connectivity index is 2.95. The van der Waals surface area contributed by atoms with Crippen LogP contribution in [0.1, 0.15) is 5.89 Å². The highest BCUT2D eigenvalue weighted by atomic mass is 79.9. The molecule has 0 saturated heterocycles. The maximum Gasteiger partial charge on any atom is 0.192 e. The zero-order chi connectivity index (χ0) is 9.59. The predicted molar refractivity (Wildman–Crippen MR) is 56.5 cm³/mol. The Hall–Kier alpha value is -0.250. The Morgan fingerprint density at radius 1 is 1.38 bits per heavy atom. The molecule has 0 atom stereocenters. The molecule has 1 heterocycles. The highest BCUT2D eigenvalue weighted by Gasteiger charge is 2.13. The van der Waals surface area contributed by atoms with Crippen LogP contribution in [-0.4, -0.2) is 4.98 Å². The first-order valence-electron chi connectivity index (χ1n) is 3.50. The summed E-state index contributed by atoms with van der Waals surface area (Å²) in [5, 5.41) is 1.02. The van der Waals surface area contributed by atoms with E-state index in [1.54, 1.807) is 13.0 Å². The van der Waals surface area contributed by atoms with Gasteiger partial charge in [0.15, 0.2) is 11.5 Å². The lowest BCUT2D eigenvalue weighted by molar-refractivity contribution is 0.559. The molecule has 0 fully saturated rings. The number of benzene rings is 1. The Bertz CT molecular complexity index is 480. The van der Waals surface area contributed by atoms with Gasteiger partial charge >= 0.3 is 0 Å². The highest BCUT2D eigenvalue weighted by Crippen LogP contribution is 2.36. The number of aryl methyl sites for hydroxylation is 1. The van der Waals surface area contributed by atoms with Crippen LogP contribution in [0.5, 0.6) is 0 Å². The van der Waals surface area contributed by atoms with E-state index in [0.717, 1.165) is 0 Å². The van der Waals surface area contributed by atoms with Crippen molar-refractivity contribution in [2.45, 2.75) is 6.92 Å². The summed E-state index contributed by atoms with van der Waals surface area (Å²) in [5.41, 5.74) is 1.23. The molecule has 0 amide bonds. The molecule has 2 nitrogen and oxygen atoms in total. The monoisotopic (exact) mass is 279 g/mol. The van der Waals surface area contributed by atoms with Crippen LogP contribution in [0, 0.1) is 6.92 Å². The maximum absolute atomic E-state index is 5.92. The molecule has 1 aromatic carbocycles. The topological polar surface area (TPSA) is 26.0 Å². The zero-order valence-corrected chi connectivity index (χ0v) is 9.66. The molecule has 0 unspecified atom stereocenters. The lowest BCUT2D eigenvalue weighted by atomic mass is 10.3. The van der Waals surface area contributed by atoms with E-state index in [1.807, 2.05) is 0 Å². The van der Waals surface area contributed by atoms with Gasteiger partial charge in [0.1, 0.15) is 5.52 Å². The van der Waals surface area contributed by atoms with Crippen LogP contribution in [0.3, 0.4) is 0 Å². The molecule has 13 heavy (non-hydrogen) atoms. The first-order chi connectivity index (χ1) is 6.09. The summed E-state index contributed by atoms with van der Waals surface area (Å²) >= 11 is 15.1. The van der Waals surface area contributed by atoms with Gasteiger partial charge in [0.05, 0.1) is 14.5 Å². The average molecular weight is 281 g/mol. The molecule has 0 saturated carbocycles. The minimum atomic E-state index is 0.500. The van der Waals surface area contributed by atoms with Gasteiger partial charge in [-0.1, -0.05) is 23.2 Å². The molecule has 0 aliphatic rings. The number of hydrogen-bond acceptors (Lipinski definition) is 2. The van der Waals surface area contributed by atoms with Crippen LogP contribution in [0.25, 0.3) is 11.1 Å². The molecule has 0 radical (unpaired) electrons. The van der Waals surface area contributed by atoms with Gasteiger partial charge in [-0.3, -0.25) is 0 Å². The van der Waals surface area contributed by atoms with Crippen LogP contribution in [0.2, 0.25) is 10.0 Å². The standard InChI is InChI=1S/C8H4BrCl2NO/c1-3-12-7-5(11)2-4(10)6(9)8(7)13-3/h2H,1H3. The van der Waals surface area contributed by atoms with E-state index in [0.29, 0.717) is 31.5 Å². The van der Waals surface area contributed by atoms with Gasteiger partial charge in [0.25, 0.3) is 0 Å². The summed E-state index contributed by atoms with van der Waals surface area (Å²) in [5.74, 6) is 0.569. The van der Waals surface area contributed by atoms with E-state index in [-0.39, 0.29) is 0 Å². The van der Waals surface area contributed by atoms with Crippen LogP contribution in [0.4, 0.5) is 0 Å². The minimum Gasteiger partial charge on any atom is -0.440 e. The van der Waals surface area contributed by atoms with Gasteiger partial charge in [-0.05, 0) is 22.0 Å². The summed E-state index contributed by atoms with van der Waals surface area (Å²) in [6, 6.07) is 1.64. The van der Waals surface area contributed by atoms with Crippen LogP contribution in [0.15, 0.2) is 15.0 Å². The normalized spacial score (nSPS) is 11.1. The predicted octanol–water partition coefficient (Wildman–Crippen LogP) is 4.21. The fourth-order valence-corrected chi connectivity index (χ4v) is 1.96. The van der Waals surface area contributed by atoms with Crippen molar-refractivity contribution in [3.63, 3.8) is 0 Å². The number of nitrogens with zero attached hydrogens (tertiary/aromatic N) is 1. The van der Waals surface area contributed by atoms with Crippen LogP contribution < -0.4 is 0 Å². The molecule has 0 aliphatic heterocycles. The van der Waals surface area contributed by atoms with Gasteiger partial charge in [-0.25, -0.2) is 4.98 Å². The first-order valence-corrected chi connectivity index (χ1v) is 5.05. The summed E-state index contributed by atoms with van der Waals surface area (Å²) in [6.45, 7) is 1.76. The summed E-state index contributed by atoms with van der Waals surface area (Å²) in [4.78, 5) is 4.13. The second kappa shape index (κ2) is 3.15. The van der Waals surface area contributed by atoms with Crippen molar-refractivity contribution in [1.82, 2.24) is 4.98 Å². The lowest BCUT2D eigenvalue weighted by Gasteiger charge is -1.96. The Labute approximate surface area is 93.0 Å². The smallest absolute Gasteiger partial charge is 0.192 e. The van der Waals surface area contributed by atoms with Gasteiger partial charge in [0, 0.05) is 6.92 Å². The van der Waals surface area contributed by atoms with Gasteiger partial charge in [-0.2, -0.15) is 0 Å².